The van der Waals surface area contributed by atoms with Gasteiger partial charge in [-0.3, -0.25) is 13.9 Å². The van der Waals surface area contributed by atoms with Crippen molar-refractivity contribution in [2.75, 3.05) is 17.4 Å². The molecule has 1 atom stereocenters. The van der Waals surface area contributed by atoms with E-state index in [0.29, 0.717) is 27.2 Å². The zero-order chi connectivity index (χ0) is 28.0. The summed E-state index contributed by atoms with van der Waals surface area (Å²) in [6.07, 6.45) is 0. The number of hydrogen-bond acceptors (Lipinski definition) is 4. The Hall–Kier alpha value is -2.78. The first-order chi connectivity index (χ1) is 17.9. The summed E-state index contributed by atoms with van der Waals surface area (Å²) in [6.45, 7) is 4.82. The lowest BCUT2D eigenvalue weighted by molar-refractivity contribution is -0.139. The highest BCUT2D eigenvalue weighted by Crippen LogP contribution is 2.29. The minimum absolute atomic E-state index is 0.00773. The van der Waals surface area contributed by atoms with Gasteiger partial charge in [-0.1, -0.05) is 64.6 Å². The maximum absolute atomic E-state index is 13.8. The number of rotatable bonds is 10. The van der Waals surface area contributed by atoms with E-state index in [1.165, 1.54) is 23.1 Å². The van der Waals surface area contributed by atoms with Gasteiger partial charge in [0.15, 0.2) is 0 Å². The van der Waals surface area contributed by atoms with Crippen LogP contribution >= 0.6 is 34.8 Å². The number of likely N-dealkylation sites (N-methyl/N-ethyl adjacent to an activating group) is 1. The molecule has 1 N–H and O–H groups in total. The molecule has 0 spiro atoms. The van der Waals surface area contributed by atoms with Gasteiger partial charge in [-0.2, -0.15) is 0 Å². The molecule has 0 aliphatic heterocycles. The Labute approximate surface area is 238 Å². The average molecular weight is 597 g/mol. The summed E-state index contributed by atoms with van der Waals surface area (Å²) >= 11 is 18.9. The number of aryl methyl sites for hydroxylation is 1. The fourth-order valence-electron chi connectivity index (χ4n) is 3.76. The molecule has 3 aromatic carbocycles. The highest BCUT2D eigenvalue weighted by Gasteiger charge is 2.33. The quantitative estimate of drug-likeness (QED) is 0.325. The van der Waals surface area contributed by atoms with Crippen LogP contribution in [0.1, 0.15) is 25.0 Å². The second-order valence-electron chi connectivity index (χ2n) is 8.60. The van der Waals surface area contributed by atoms with Gasteiger partial charge in [-0.15, -0.1) is 0 Å². The predicted octanol–water partition coefficient (Wildman–Crippen LogP) is 5.70. The van der Waals surface area contributed by atoms with Crippen LogP contribution in [0, 0.1) is 6.92 Å². The van der Waals surface area contributed by atoms with Crippen molar-refractivity contribution in [1.29, 1.82) is 0 Å². The van der Waals surface area contributed by atoms with Crippen molar-refractivity contribution in [3.8, 4) is 0 Å². The highest BCUT2D eigenvalue weighted by atomic mass is 35.5. The second kappa shape index (κ2) is 12.8. The summed E-state index contributed by atoms with van der Waals surface area (Å²) in [7, 11) is -4.19. The van der Waals surface area contributed by atoms with E-state index in [9.17, 15) is 18.0 Å². The largest absolute Gasteiger partial charge is 0.355 e. The van der Waals surface area contributed by atoms with Crippen LogP contribution in [0.2, 0.25) is 15.1 Å². The Morgan fingerprint density at radius 2 is 1.55 bits per heavy atom. The molecule has 7 nitrogen and oxygen atoms in total. The molecule has 0 bridgehead atoms. The first kappa shape index (κ1) is 29.8. The Morgan fingerprint density at radius 1 is 0.947 bits per heavy atom. The van der Waals surface area contributed by atoms with Gasteiger partial charge in [0.05, 0.1) is 10.6 Å². The average Bonchev–Trinajstić information content (AvgIpc) is 2.87. The van der Waals surface area contributed by atoms with Crippen LogP contribution in [0.4, 0.5) is 5.69 Å². The van der Waals surface area contributed by atoms with Crippen molar-refractivity contribution in [3.05, 3.63) is 92.9 Å². The standard InChI is InChI=1S/C27H28Cl3N3O4S/c1-4-31-27(35)19(3)32(16-23-24(29)9-6-10-25(23)30)26(34)17-33(21-8-5-7-20(28)15-21)38(36,37)22-13-11-18(2)12-14-22/h5-15,19H,4,16-17H2,1-3H3,(H,31,35)/t19-/m0/s1. The van der Waals surface area contributed by atoms with E-state index in [1.807, 2.05) is 6.92 Å². The monoisotopic (exact) mass is 595 g/mol. The van der Waals surface area contributed by atoms with Gasteiger partial charge in [0.1, 0.15) is 12.6 Å². The summed E-state index contributed by atoms with van der Waals surface area (Å²) in [5.74, 6) is -1.03. The first-order valence-electron chi connectivity index (χ1n) is 11.8. The van der Waals surface area contributed by atoms with E-state index < -0.39 is 34.4 Å². The Bertz CT molecular complexity index is 1400. The number of nitrogens with one attached hydrogen (secondary N) is 1. The van der Waals surface area contributed by atoms with Crippen molar-refractivity contribution in [3.63, 3.8) is 0 Å². The third-order valence-electron chi connectivity index (χ3n) is 5.89. The molecule has 11 heteroatoms. The number of halogens is 3. The lowest BCUT2D eigenvalue weighted by atomic mass is 10.1. The minimum atomic E-state index is -4.19. The van der Waals surface area contributed by atoms with Crippen LogP contribution in [0.5, 0.6) is 0 Å². The number of carbonyl (C=O) groups is 2. The van der Waals surface area contributed by atoms with E-state index in [4.69, 9.17) is 34.8 Å². The first-order valence-corrected chi connectivity index (χ1v) is 14.4. The molecule has 0 radical (unpaired) electrons. The molecule has 0 saturated heterocycles. The van der Waals surface area contributed by atoms with Gasteiger partial charge in [0.2, 0.25) is 11.8 Å². The van der Waals surface area contributed by atoms with E-state index in [1.54, 1.807) is 62.4 Å². The van der Waals surface area contributed by atoms with Crippen LogP contribution < -0.4 is 9.62 Å². The van der Waals surface area contributed by atoms with Gasteiger partial charge in [0, 0.05) is 33.7 Å². The molecule has 0 aromatic heterocycles. The fraction of sp³-hybridized carbons (Fsp3) is 0.259. The number of carbonyl (C=O) groups excluding carboxylic acids is 2. The van der Waals surface area contributed by atoms with E-state index in [-0.39, 0.29) is 17.1 Å². The van der Waals surface area contributed by atoms with Crippen LogP contribution in [0.15, 0.2) is 71.6 Å². The summed E-state index contributed by atoms with van der Waals surface area (Å²) in [5.41, 5.74) is 1.52. The number of hydrogen-bond donors (Lipinski definition) is 1. The lowest BCUT2D eigenvalue weighted by Crippen LogP contribution is -2.51. The molecule has 0 aliphatic rings. The number of benzene rings is 3. The van der Waals surface area contributed by atoms with Crippen LogP contribution in [-0.4, -0.2) is 44.3 Å². The third kappa shape index (κ3) is 6.99. The van der Waals surface area contributed by atoms with Gasteiger partial charge in [-0.25, -0.2) is 8.42 Å². The molecule has 38 heavy (non-hydrogen) atoms. The fourth-order valence-corrected chi connectivity index (χ4v) is 5.86. The molecule has 0 aliphatic carbocycles. The van der Waals surface area contributed by atoms with E-state index in [0.717, 1.165) is 9.87 Å². The SMILES string of the molecule is CCNC(=O)[C@H](C)N(Cc1c(Cl)cccc1Cl)C(=O)CN(c1cccc(Cl)c1)S(=O)(=O)c1ccc(C)cc1. The van der Waals surface area contributed by atoms with Crippen molar-refractivity contribution >= 4 is 62.3 Å². The predicted molar refractivity (Wildman–Crippen MR) is 152 cm³/mol. The summed E-state index contributed by atoms with van der Waals surface area (Å²) in [6, 6.07) is 16.5. The minimum Gasteiger partial charge on any atom is -0.355 e. The van der Waals surface area contributed by atoms with Crippen molar-refractivity contribution in [2.24, 2.45) is 0 Å². The van der Waals surface area contributed by atoms with E-state index >= 15 is 0 Å². The lowest BCUT2D eigenvalue weighted by Gasteiger charge is -2.32. The molecular formula is C27H28Cl3N3O4S. The zero-order valence-electron chi connectivity index (χ0n) is 21.1. The number of anilines is 1. The number of amides is 2. The zero-order valence-corrected chi connectivity index (χ0v) is 24.2. The number of sulfonamides is 1. The molecule has 202 valence electrons. The summed E-state index contributed by atoms with van der Waals surface area (Å²) < 4.78 is 28.5. The third-order valence-corrected chi connectivity index (χ3v) is 8.62. The molecule has 0 unspecified atom stereocenters. The molecule has 3 aromatic rings. The molecule has 0 heterocycles. The van der Waals surface area contributed by atoms with Crippen molar-refractivity contribution < 1.29 is 18.0 Å². The van der Waals surface area contributed by atoms with Gasteiger partial charge in [-0.05, 0) is 63.2 Å². The van der Waals surface area contributed by atoms with Gasteiger partial charge >= 0.3 is 0 Å². The van der Waals surface area contributed by atoms with E-state index in [2.05, 4.69) is 5.32 Å². The van der Waals surface area contributed by atoms with Crippen LogP contribution in [-0.2, 0) is 26.2 Å². The molecule has 3 rings (SSSR count). The normalized spacial score (nSPS) is 12.1. The Morgan fingerprint density at radius 3 is 2.13 bits per heavy atom. The van der Waals surface area contributed by atoms with Crippen LogP contribution in [0.3, 0.4) is 0 Å². The molecule has 2 amide bonds. The van der Waals surface area contributed by atoms with Gasteiger partial charge < -0.3 is 10.2 Å². The maximum atomic E-state index is 13.8. The van der Waals surface area contributed by atoms with Crippen molar-refractivity contribution in [2.45, 2.75) is 38.3 Å². The van der Waals surface area contributed by atoms with Gasteiger partial charge in [0.25, 0.3) is 10.0 Å². The smallest absolute Gasteiger partial charge is 0.264 e. The molecular weight excluding hydrogens is 569 g/mol. The molecule has 0 saturated carbocycles. The second-order valence-corrected chi connectivity index (χ2v) is 11.7. The molecule has 0 fully saturated rings. The summed E-state index contributed by atoms with van der Waals surface area (Å²) in [4.78, 5) is 27.9. The number of nitrogens with zero attached hydrogens (tertiary/aromatic N) is 2. The maximum Gasteiger partial charge on any atom is 0.264 e. The van der Waals surface area contributed by atoms with Crippen molar-refractivity contribution in [1.82, 2.24) is 10.2 Å². The Kier molecular flexibility index (Phi) is 10.1. The summed E-state index contributed by atoms with van der Waals surface area (Å²) in [5, 5.41) is 3.64. The van der Waals surface area contributed by atoms with Crippen LogP contribution in [0.25, 0.3) is 0 Å². The Balaban J connectivity index is 2.07. The topological polar surface area (TPSA) is 86.8 Å². The highest BCUT2D eigenvalue weighted by molar-refractivity contribution is 7.92.